The second-order valence-electron chi connectivity index (χ2n) is 4.96. The highest BCUT2D eigenvalue weighted by Gasteiger charge is 2.16. The molecule has 24 heavy (non-hydrogen) atoms. The molecule has 0 aliphatic rings. The first-order valence-electron chi connectivity index (χ1n) is 7.12. The zero-order chi connectivity index (χ0) is 16.5. The predicted octanol–water partition coefficient (Wildman–Crippen LogP) is 4.88. The van der Waals surface area contributed by atoms with Crippen LogP contribution < -0.4 is 10.1 Å². The number of nitrogens with zero attached hydrogens (tertiary/aromatic N) is 1. The molecule has 7 heteroatoms. The van der Waals surface area contributed by atoms with Crippen LogP contribution in [0.3, 0.4) is 0 Å². The van der Waals surface area contributed by atoms with Gasteiger partial charge in [0.05, 0.1) is 17.7 Å². The van der Waals surface area contributed by atoms with Gasteiger partial charge in [0.1, 0.15) is 0 Å². The summed E-state index contributed by atoms with van der Waals surface area (Å²) in [6.07, 6.45) is 0. The van der Waals surface area contributed by atoms with Gasteiger partial charge >= 0.3 is 0 Å². The van der Waals surface area contributed by atoms with Crippen molar-refractivity contribution < 1.29 is 13.9 Å². The summed E-state index contributed by atoms with van der Waals surface area (Å²) in [7, 11) is 1.57. The summed E-state index contributed by atoms with van der Waals surface area (Å²) in [5, 5.41) is 8.05. The van der Waals surface area contributed by atoms with Gasteiger partial charge in [-0.15, -0.1) is 22.7 Å². The first kappa shape index (κ1) is 14.9. The van der Waals surface area contributed by atoms with Gasteiger partial charge in [-0.1, -0.05) is 18.2 Å². The second kappa shape index (κ2) is 6.10. The lowest BCUT2D eigenvalue weighted by Gasteiger charge is -1.99. The van der Waals surface area contributed by atoms with Crippen molar-refractivity contribution in [3.63, 3.8) is 0 Å². The molecule has 1 aromatic carbocycles. The van der Waals surface area contributed by atoms with Crippen molar-refractivity contribution in [3.8, 4) is 16.3 Å². The number of hydrogen-bond donors (Lipinski definition) is 1. The van der Waals surface area contributed by atoms with Crippen LogP contribution in [-0.2, 0) is 0 Å². The van der Waals surface area contributed by atoms with Gasteiger partial charge in [-0.3, -0.25) is 10.1 Å². The molecule has 3 aromatic heterocycles. The lowest BCUT2D eigenvalue weighted by molar-refractivity contribution is 0.0998. The molecule has 0 saturated carbocycles. The number of furan rings is 1. The first-order chi connectivity index (χ1) is 11.7. The lowest BCUT2D eigenvalue weighted by atomic mass is 10.2. The SMILES string of the molecule is COc1cccc2cc(C(=O)Nc3nc(-c4cccs4)cs3)oc12. The smallest absolute Gasteiger partial charge is 0.293 e. The Morgan fingerprint density at radius 1 is 1.25 bits per heavy atom. The van der Waals surface area contributed by atoms with E-state index in [-0.39, 0.29) is 11.7 Å². The molecule has 1 N–H and O–H groups in total. The van der Waals surface area contributed by atoms with Crippen LogP contribution in [0.25, 0.3) is 21.5 Å². The number of thiazole rings is 1. The van der Waals surface area contributed by atoms with Crippen LogP contribution >= 0.6 is 22.7 Å². The van der Waals surface area contributed by atoms with E-state index in [1.54, 1.807) is 30.6 Å². The van der Waals surface area contributed by atoms with E-state index in [9.17, 15) is 4.79 Å². The molecule has 0 saturated heterocycles. The van der Waals surface area contributed by atoms with Crippen molar-refractivity contribution in [1.82, 2.24) is 4.98 Å². The van der Waals surface area contributed by atoms with Gasteiger partial charge in [0.15, 0.2) is 22.2 Å². The second-order valence-corrected chi connectivity index (χ2v) is 6.76. The molecule has 0 bridgehead atoms. The molecular formula is C17H12N2O3S2. The fraction of sp³-hybridized carbons (Fsp3) is 0.0588. The minimum Gasteiger partial charge on any atom is -0.493 e. The molecule has 4 rings (SSSR count). The Bertz CT molecular complexity index is 1000. The standard InChI is InChI=1S/C17H12N2O3S2/c1-21-12-5-2-4-10-8-13(22-15(10)12)16(20)19-17-18-11(9-24-17)14-6-3-7-23-14/h2-9H,1H3,(H,18,19,20). The van der Waals surface area contributed by atoms with E-state index in [2.05, 4.69) is 10.3 Å². The molecule has 0 radical (unpaired) electrons. The number of ether oxygens (including phenoxy) is 1. The number of carbonyl (C=O) groups is 1. The molecule has 120 valence electrons. The number of para-hydroxylation sites is 1. The maximum absolute atomic E-state index is 12.4. The molecule has 0 aliphatic carbocycles. The fourth-order valence-corrected chi connectivity index (χ4v) is 3.80. The zero-order valence-electron chi connectivity index (χ0n) is 12.6. The largest absolute Gasteiger partial charge is 0.493 e. The number of rotatable bonds is 4. The molecule has 1 amide bonds. The zero-order valence-corrected chi connectivity index (χ0v) is 14.2. The number of amides is 1. The van der Waals surface area contributed by atoms with E-state index < -0.39 is 0 Å². The number of methoxy groups -OCH3 is 1. The summed E-state index contributed by atoms with van der Waals surface area (Å²) >= 11 is 2.99. The van der Waals surface area contributed by atoms with E-state index in [1.807, 2.05) is 35.0 Å². The van der Waals surface area contributed by atoms with Crippen LogP contribution in [0.1, 0.15) is 10.6 Å². The van der Waals surface area contributed by atoms with Gasteiger partial charge < -0.3 is 9.15 Å². The van der Waals surface area contributed by atoms with Crippen molar-refractivity contribution in [1.29, 1.82) is 0 Å². The highest BCUT2D eigenvalue weighted by atomic mass is 32.1. The molecule has 3 heterocycles. The van der Waals surface area contributed by atoms with Gasteiger partial charge in [0.25, 0.3) is 5.91 Å². The third kappa shape index (κ3) is 2.68. The van der Waals surface area contributed by atoms with Crippen molar-refractivity contribution in [2.45, 2.75) is 0 Å². The van der Waals surface area contributed by atoms with E-state index in [1.165, 1.54) is 11.3 Å². The summed E-state index contributed by atoms with van der Waals surface area (Å²) in [5.41, 5.74) is 1.42. The van der Waals surface area contributed by atoms with Crippen LogP contribution in [0.15, 0.2) is 51.6 Å². The van der Waals surface area contributed by atoms with Crippen molar-refractivity contribution in [2.24, 2.45) is 0 Å². The Kier molecular flexibility index (Phi) is 3.79. The Labute approximate surface area is 145 Å². The molecule has 5 nitrogen and oxygen atoms in total. The van der Waals surface area contributed by atoms with E-state index in [0.717, 1.165) is 16.0 Å². The van der Waals surface area contributed by atoms with Crippen molar-refractivity contribution in [3.05, 3.63) is 52.9 Å². The Morgan fingerprint density at radius 3 is 2.96 bits per heavy atom. The summed E-state index contributed by atoms with van der Waals surface area (Å²) < 4.78 is 10.9. The van der Waals surface area contributed by atoms with Crippen LogP contribution in [0.4, 0.5) is 5.13 Å². The van der Waals surface area contributed by atoms with Crippen LogP contribution in [0, 0.1) is 0 Å². The molecule has 0 fully saturated rings. The van der Waals surface area contributed by atoms with Gasteiger partial charge in [-0.25, -0.2) is 4.98 Å². The van der Waals surface area contributed by atoms with Crippen molar-refractivity contribution in [2.75, 3.05) is 12.4 Å². The summed E-state index contributed by atoms with van der Waals surface area (Å²) in [4.78, 5) is 17.9. The number of thiophene rings is 1. The quantitative estimate of drug-likeness (QED) is 0.566. The van der Waals surface area contributed by atoms with E-state index >= 15 is 0 Å². The highest BCUT2D eigenvalue weighted by Crippen LogP contribution is 2.30. The Hall–Kier alpha value is -2.64. The van der Waals surface area contributed by atoms with E-state index in [4.69, 9.17) is 9.15 Å². The number of carbonyl (C=O) groups excluding carboxylic acids is 1. The van der Waals surface area contributed by atoms with Gasteiger partial charge in [0, 0.05) is 10.8 Å². The minimum atomic E-state index is -0.333. The molecule has 0 spiro atoms. The van der Waals surface area contributed by atoms with Crippen molar-refractivity contribution >= 4 is 44.7 Å². The normalized spacial score (nSPS) is 10.9. The summed E-state index contributed by atoms with van der Waals surface area (Å²) in [6.45, 7) is 0. The maximum Gasteiger partial charge on any atom is 0.293 e. The number of fused-ring (bicyclic) bond motifs is 1. The van der Waals surface area contributed by atoms with Crippen LogP contribution in [-0.4, -0.2) is 18.0 Å². The fourth-order valence-electron chi connectivity index (χ4n) is 2.34. The highest BCUT2D eigenvalue weighted by molar-refractivity contribution is 7.16. The monoisotopic (exact) mass is 356 g/mol. The summed E-state index contributed by atoms with van der Waals surface area (Å²) in [5.74, 6) is 0.489. The first-order valence-corrected chi connectivity index (χ1v) is 8.88. The number of nitrogens with one attached hydrogen (secondary N) is 1. The number of hydrogen-bond acceptors (Lipinski definition) is 6. The van der Waals surface area contributed by atoms with Crippen LogP contribution in [0.2, 0.25) is 0 Å². The van der Waals surface area contributed by atoms with Gasteiger partial charge in [-0.05, 0) is 23.6 Å². The Morgan fingerprint density at radius 2 is 2.17 bits per heavy atom. The number of anilines is 1. The lowest BCUT2D eigenvalue weighted by Crippen LogP contribution is -2.10. The molecule has 0 aliphatic heterocycles. The Balaban J connectivity index is 1.58. The molecule has 4 aromatic rings. The minimum absolute atomic E-state index is 0.224. The molecule has 0 atom stereocenters. The van der Waals surface area contributed by atoms with E-state index in [0.29, 0.717) is 16.5 Å². The maximum atomic E-state index is 12.4. The number of benzene rings is 1. The van der Waals surface area contributed by atoms with Gasteiger partial charge in [-0.2, -0.15) is 0 Å². The average molecular weight is 356 g/mol. The number of aromatic nitrogens is 1. The van der Waals surface area contributed by atoms with Gasteiger partial charge in [0.2, 0.25) is 0 Å². The summed E-state index contributed by atoms with van der Waals surface area (Å²) in [6, 6.07) is 11.2. The predicted molar refractivity (Wildman–Crippen MR) is 96.1 cm³/mol. The average Bonchev–Trinajstić information content (AvgIpc) is 3.33. The van der Waals surface area contributed by atoms with Crippen LogP contribution in [0.5, 0.6) is 5.75 Å². The molecule has 0 unspecified atom stereocenters. The topological polar surface area (TPSA) is 64.4 Å². The third-order valence-electron chi connectivity index (χ3n) is 3.45. The third-order valence-corrected chi connectivity index (χ3v) is 5.10. The molecular weight excluding hydrogens is 344 g/mol.